The van der Waals surface area contributed by atoms with Crippen molar-refractivity contribution in [2.24, 2.45) is 0 Å². The molecule has 0 radical (unpaired) electrons. The lowest BCUT2D eigenvalue weighted by Gasteiger charge is -2.26. The van der Waals surface area contributed by atoms with Crippen molar-refractivity contribution in [3.8, 4) is 0 Å². The molecule has 1 aliphatic rings. The molecule has 1 aliphatic heterocycles. The van der Waals surface area contributed by atoms with E-state index < -0.39 is 9.84 Å². The lowest BCUT2D eigenvalue weighted by molar-refractivity contribution is 0.586. The van der Waals surface area contributed by atoms with Gasteiger partial charge in [0.1, 0.15) is 0 Å². The molecule has 1 aromatic heterocycles. The molecule has 0 aliphatic carbocycles. The van der Waals surface area contributed by atoms with E-state index in [-0.39, 0.29) is 17.1 Å². The Morgan fingerprint density at radius 2 is 2.00 bits per heavy atom. The van der Waals surface area contributed by atoms with Crippen molar-refractivity contribution < 1.29 is 8.42 Å². The van der Waals surface area contributed by atoms with Crippen LogP contribution < -0.4 is 10.5 Å². The molecule has 7 heteroatoms. The zero-order valence-electron chi connectivity index (χ0n) is 8.01. The number of nitrogens with zero attached hydrogens (tertiary/aromatic N) is 2. The summed E-state index contributed by atoms with van der Waals surface area (Å²) in [4.78, 5) is 19.5. The number of nitrogens with one attached hydrogen (secondary N) is 1. The van der Waals surface area contributed by atoms with Gasteiger partial charge in [0, 0.05) is 25.5 Å². The largest absolute Gasteiger partial charge is 0.350 e. The van der Waals surface area contributed by atoms with E-state index in [2.05, 4.69) is 9.97 Å². The molecule has 1 N–H and O–H groups in total. The molecule has 0 atom stereocenters. The summed E-state index contributed by atoms with van der Waals surface area (Å²) in [6, 6.07) is 0. The molecule has 1 aromatic rings. The second-order valence-corrected chi connectivity index (χ2v) is 5.68. The Hall–Kier alpha value is -1.37. The quantitative estimate of drug-likeness (QED) is 0.668. The van der Waals surface area contributed by atoms with Crippen LogP contribution in [0.2, 0.25) is 0 Å². The van der Waals surface area contributed by atoms with Crippen molar-refractivity contribution in [3.63, 3.8) is 0 Å². The summed E-state index contributed by atoms with van der Waals surface area (Å²) in [5.41, 5.74) is -0.281. The van der Waals surface area contributed by atoms with Gasteiger partial charge in [-0.05, 0) is 0 Å². The summed E-state index contributed by atoms with van der Waals surface area (Å²) in [7, 11) is -2.92. The van der Waals surface area contributed by atoms with Gasteiger partial charge < -0.3 is 9.88 Å². The van der Waals surface area contributed by atoms with Gasteiger partial charge in [-0.25, -0.2) is 13.4 Å². The van der Waals surface area contributed by atoms with Crippen LogP contribution >= 0.6 is 0 Å². The van der Waals surface area contributed by atoms with Gasteiger partial charge in [-0.2, -0.15) is 0 Å². The Morgan fingerprint density at radius 3 is 2.60 bits per heavy atom. The maximum Gasteiger partial charge on any atom is 0.290 e. The Balaban J connectivity index is 2.22. The van der Waals surface area contributed by atoms with E-state index in [0.29, 0.717) is 18.9 Å². The fourth-order valence-electron chi connectivity index (χ4n) is 1.49. The number of hydrogen-bond acceptors (Lipinski definition) is 5. The minimum Gasteiger partial charge on any atom is -0.350 e. The van der Waals surface area contributed by atoms with E-state index in [1.165, 1.54) is 12.4 Å². The maximum absolute atomic E-state index is 11.4. The topological polar surface area (TPSA) is 83.1 Å². The minimum atomic E-state index is -2.92. The molecule has 0 bridgehead atoms. The Kier molecular flexibility index (Phi) is 2.47. The molecule has 0 spiro atoms. The lowest BCUT2D eigenvalue weighted by Crippen LogP contribution is -2.43. The first-order chi connectivity index (χ1) is 7.08. The van der Waals surface area contributed by atoms with Gasteiger partial charge in [0.05, 0.1) is 11.5 Å². The van der Waals surface area contributed by atoms with Crippen LogP contribution in [0.25, 0.3) is 0 Å². The third kappa shape index (κ3) is 2.17. The molecular weight excluding hydrogens is 218 g/mol. The first-order valence-corrected chi connectivity index (χ1v) is 6.40. The number of hydrogen-bond donors (Lipinski definition) is 1. The molecule has 15 heavy (non-hydrogen) atoms. The lowest BCUT2D eigenvalue weighted by atomic mass is 10.4. The molecule has 0 aromatic carbocycles. The highest BCUT2D eigenvalue weighted by Crippen LogP contribution is 2.08. The van der Waals surface area contributed by atoms with Crippen molar-refractivity contribution in [2.75, 3.05) is 29.5 Å². The number of rotatable bonds is 1. The number of sulfone groups is 1. The van der Waals surface area contributed by atoms with Gasteiger partial charge in [-0.3, -0.25) is 4.79 Å². The normalized spacial score (nSPS) is 20.1. The molecule has 82 valence electrons. The molecule has 2 heterocycles. The fourth-order valence-corrected chi connectivity index (χ4v) is 2.69. The molecule has 0 saturated carbocycles. The summed E-state index contributed by atoms with van der Waals surface area (Å²) >= 11 is 0. The van der Waals surface area contributed by atoms with Crippen LogP contribution in [-0.2, 0) is 9.84 Å². The second kappa shape index (κ2) is 3.65. The van der Waals surface area contributed by atoms with Crippen LogP contribution in [-0.4, -0.2) is 43.0 Å². The number of aromatic nitrogens is 2. The van der Waals surface area contributed by atoms with Gasteiger partial charge >= 0.3 is 0 Å². The highest BCUT2D eigenvalue weighted by Gasteiger charge is 2.23. The average Bonchev–Trinajstić information content (AvgIpc) is 2.19. The summed E-state index contributed by atoms with van der Waals surface area (Å²) in [5, 5.41) is 0. The summed E-state index contributed by atoms with van der Waals surface area (Å²) in [5.74, 6) is 0.471. The molecular formula is C8H11N3O3S. The average molecular weight is 229 g/mol. The maximum atomic E-state index is 11.4. The predicted molar refractivity (Wildman–Crippen MR) is 55.7 cm³/mol. The first kappa shape index (κ1) is 10.2. The van der Waals surface area contributed by atoms with Crippen LogP contribution in [0.3, 0.4) is 0 Å². The second-order valence-electron chi connectivity index (χ2n) is 3.38. The highest BCUT2D eigenvalue weighted by molar-refractivity contribution is 7.91. The third-order valence-corrected chi connectivity index (χ3v) is 3.94. The zero-order valence-corrected chi connectivity index (χ0v) is 8.83. The number of H-pyrrole nitrogens is 1. The van der Waals surface area contributed by atoms with Crippen molar-refractivity contribution in [1.82, 2.24) is 9.97 Å². The molecule has 1 saturated heterocycles. The van der Waals surface area contributed by atoms with E-state index in [0.717, 1.165) is 0 Å². The number of aromatic amines is 1. The molecule has 6 nitrogen and oxygen atoms in total. The van der Waals surface area contributed by atoms with E-state index >= 15 is 0 Å². The summed E-state index contributed by atoms with van der Waals surface area (Å²) in [6.45, 7) is 0.671. The van der Waals surface area contributed by atoms with E-state index in [1.807, 2.05) is 0 Å². The van der Waals surface area contributed by atoms with Gasteiger partial charge in [-0.1, -0.05) is 0 Å². The van der Waals surface area contributed by atoms with Gasteiger partial charge in [0.2, 0.25) is 0 Å². The molecule has 0 unspecified atom stereocenters. The van der Waals surface area contributed by atoms with Crippen LogP contribution in [0, 0.1) is 0 Å². The smallest absolute Gasteiger partial charge is 0.290 e. The summed E-state index contributed by atoms with van der Waals surface area (Å²) < 4.78 is 22.4. The van der Waals surface area contributed by atoms with Gasteiger partial charge in [0.15, 0.2) is 15.7 Å². The SMILES string of the molecule is O=c1[nH]ccnc1N1CCS(=O)(=O)CC1. The van der Waals surface area contributed by atoms with E-state index in [4.69, 9.17) is 0 Å². The zero-order chi connectivity index (χ0) is 10.9. The highest BCUT2D eigenvalue weighted by atomic mass is 32.2. The van der Waals surface area contributed by atoms with Crippen molar-refractivity contribution in [2.45, 2.75) is 0 Å². The van der Waals surface area contributed by atoms with Crippen molar-refractivity contribution >= 4 is 15.7 Å². The Labute approximate surface area is 86.9 Å². The third-order valence-electron chi connectivity index (χ3n) is 2.33. The van der Waals surface area contributed by atoms with Crippen LogP contribution in [0.5, 0.6) is 0 Å². The van der Waals surface area contributed by atoms with Crippen LogP contribution in [0.4, 0.5) is 5.82 Å². The standard InChI is InChI=1S/C8H11N3O3S/c12-8-7(9-1-2-10-8)11-3-5-15(13,14)6-4-11/h1-2H,3-6H2,(H,10,12). The van der Waals surface area contributed by atoms with Crippen LogP contribution in [0.15, 0.2) is 17.2 Å². The van der Waals surface area contributed by atoms with Gasteiger partial charge in [0.25, 0.3) is 5.56 Å². The molecule has 1 fully saturated rings. The van der Waals surface area contributed by atoms with Crippen molar-refractivity contribution in [1.29, 1.82) is 0 Å². The Morgan fingerprint density at radius 1 is 1.33 bits per heavy atom. The van der Waals surface area contributed by atoms with Gasteiger partial charge in [-0.15, -0.1) is 0 Å². The monoisotopic (exact) mass is 229 g/mol. The van der Waals surface area contributed by atoms with E-state index in [1.54, 1.807) is 4.90 Å². The Bertz CT molecular complexity index is 494. The van der Waals surface area contributed by atoms with Crippen molar-refractivity contribution in [3.05, 3.63) is 22.7 Å². The minimum absolute atomic E-state index is 0.0863. The number of anilines is 1. The molecule has 0 amide bonds. The first-order valence-electron chi connectivity index (χ1n) is 4.57. The van der Waals surface area contributed by atoms with E-state index in [9.17, 15) is 13.2 Å². The predicted octanol–water partition coefficient (Wildman–Crippen LogP) is -0.995. The molecule has 2 rings (SSSR count). The summed E-state index contributed by atoms with van der Waals surface area (Å²) in [6.07, 6.45) is 2.94. The fraction of sp³-hybridized carbons (Fsp3) is 0.500. The van der Waals surface area contributed by atoms with Crippen LogP contribution in [0.1, 0.15) is 0 Å².